The molecule has 2 aromatic rings. The lowest BCUT2D eigenvalue weighted by atomic mass is 10.3. The van der Waals surface area contributed by atoms with Crippen LogP contribution in [0.4, 0.5) is 34.9 Å². The largest absolute Gasteiger partial charge is 0.368 e. The Hall–Kier alpha value is -2.31. The summed E-state index contributed by atoms with van der Waals surface area (Å²) in [5.74, 6) is -4.28. The van der Waals surface area contributed by atoms with Crippen LogP contribution >= 0.6 is 0 Å². The minimum Gasteiger partial charge on any atom is -0.368 e. The zero-order chi connectivity index (χ0) is 14.7. The van der Waals surface area contributed by atoms with Gasteiger partial charge in [-0.3, -0.25) is 0 Å². The van der Waals surface area contributed by atoms with E-state index in [1.807, 2.05) is 0 Å². The average Bonchev–Trinajstić information content (AvgIpc) is 2.39. The van der Waals surface area contributed by atoms with Gasteiger partial charge in [0.05, 0.1) is 0 Å². The molecule has 0 saturated heterocycles. The predicted molar refractivity (Wildman–Crippen MR) is 68.0 cm³/mol. The molecule has 1 aromatic carbocycles. The molecular weight excluding hydrogens is 274 g/mol. The lowest BCUT2D eigenvalue weighted by Gasteiger charge is -2.10. The third-order valence-electron chi connectivity index (χ3n) is 2.46. The predicted octanol–water partition coefficient (Wildman–Crippen LogP) is 3.81. The van der Waals surface area contributed by atoms with Crippen LogP contribution in [0, 0.1) is 23.3 Å². The third kappa shape index (κ3) is 2.98. The molecule has 3 nitrogen and oxygen atoms in total. The minimum atomic E-state index is -1.08. The smallest absolute Gasteiger partial charge is 0.169 e. The molecule has 0 aliphatic heterocycles. The number of hydrogen-bond acceptors (Lipinski definition) is 3. The Morgan fingerprint density at radius 3 is 2.25 bits per heavy atom. The summed E-state index contributed by atoms with van der Waals surface area (Å²) < 4.78 is 52.8. The van der Waals surface area contributed by atoms with Crippen molar-refractivity contribution in [1.29, 1.82) is 0 Å². The molecule has 0 atom stereocenters. The second kappa shape index (κ2) is 5.77. The molecule has 2 N–H and O–H groups in total. The van der Waals surface area contributed by atoms with Crippen LogP contribution in [0.25, 0.3) is 0 Å². The second-order valence-corrected chi connectivity index (χ2v) is 3.93. The molecule has 0 unspecified atom stereocenters. The van der Waals surface area contributed by atoms with Gasteiger partial charge >= 0.3 is 0 Å². The first-order valence-electron chi connectivity index (χ1n) is 5.83. The van der Waals surface area contributed by atoms with Crippen molar-refractivity contribution in [1.82, 2.24) is 4.98 Å². The van der Waals surface area contributed by atoms with E-state index in [1.165, 1.54) is 6.07 Å². The van der Waals surface area contributed by atoms with E-state index >= 15 is 0 Å². The number of hydrogen-bond donors (Lipinski definition) is 2. The number of nitrogens with zero attached hydrogens (tertiary/aromatic N) is 1. The molecule has 0 radical (unpaired) electrons. The molecule has 0 aliphatic rings. The van der Waals surface area contributed by atoms with Gasteiger partial charge in [-0.25, -0.2) is 22.5 Å². The van der Waals surface area contributed by atoms with Gasteiger partial charge in [0.25, 0.3) is 0 Å². The second-order valence-electron chi connectivity index (χ2n) is 3.93. The number of rotatable bonds is 4. The normalized spacial score (nSPS) is 10.4. The molecule has 106 valence electrons. The molecule has 7 heteroatoms. The van der Waals surface area contributed by atoms with Gasteiger partial charge in [0.1, 0.15) is 0 Å². The van der Waals surface area contributed by atoms with Gasteiger partial charge in [-0.05, 0) is 19.1 Å². The monoisotopic (exact) mass is 285 g/mol. The highest BCUT2D eigenvalue weighted by molar-refractivity contribution is 5.59. The molecule has 20 heavy (non-hydrogen) atoms. The topological polar surface area (TPSA) is 37.0 Å². The van der Waals surface area contributed by atoms with Crippen LogP contribution in [-0.2, 0) is 0 Å². The van der Waals surface area contributed by atoms with Crippen molar-refractivity contribution in [3.8, 4) is 0 Å². The number of halogens is 4. The number of aromatic nitrogens is 1. The van der Waals surface area contributed by atoms with E-state index in [1.54, 1.807) is 6.92 Å². The Labute approximate surface area is 112 Å². The average molecular weight is 285 g/mol. The van der Waals surface area contributed by atoms with Crippen molar-refractivity contribution in [3.05, 3.63) is 47.5 Å². The molecule has 2 rings (SSSR count). The molecule has 0 bridgehead atoms. The van der Waals surface area contributed by atoms with Crippen LogP contribution in [0.2, 0.25) is 0 Å². The van der Waals surface area contributed by atoms with E-state index in [-0.39, 0.29) is 17.3 Å². The zero-order valence-electron chi connectivity index (χ0n) is 10.5. The van der Waals surface area contributed by atoms with Gasteiger partial charge in [-0.2, -0.15) is 0 Å². The van der Waals surface area contributed by atoms with E-state index in [2.05, 4.69) is 15.6 Å². The van der Waals surface area contributed by atoms with E-state index in [4.69, 9.17) is 0 Å². The van der Waals surface area contributed by atoms with Crippen LogP contribution in [0.3, 0.4) is 0 Å². The fraction of sp³-hybridized carbons (Fsp3) is 0.154. The molecule has 0 saturated carbocycles. The standard InChI is InChI=1S/C13H11F4N3/c1-2-18-12-10(16)6-11(17)13(20-12)19-7-3-4-8(14)9(15)5-7/h3-6H,2H2,1H3,(H2,18,19,20). The lowest BCUT2D eigenvalue weighted by Crippen LogP contribution is -2.06. The first kappa shape index (κ1) is 14.1. The summed E-state index contributed by atoms with van der Waals surface area (Å²) in [4.78, 5) is 3.72. The van der Waals surface area contributed by atoms with Gasteiger partial charge < -0.3 is 10.6 Å². The Morgan fingerprint density at radius 1 is 0.900 bits per heavy atom. The number of anilines is 3. The summed E-state index contributed by atoms with van der Waals surface area (Å²) >= 11 is 0. The van der Waals surface area contributed by atoms with Crippen molar-refractivity contribution < 1.29 is 17.6 Å². The SMILES string of the molecule is CCNc1nc(Nc2ccc(F)c(F)c2)c(F)cc1F. The van der Waals surface area contributed by atoms with E-state index in [0.717, 1.165) is 12.1 Å². The fourth-order valence-corrected chi connectivity index (χ4v) is 1.56. The Balaban J connectivity index is 2.32. The summed E-state index contributed by atoms with van der Waals surface area (Å²) in [7, 11) is 0. The number of nitrogens with one attached hydrogen (secondary N) is 2. The molecule has 0 aliphatic carbocycles. The summed E-state index contributed by atoms with van der Waals surface area (Å²) in [6.45, 7) is 2.13. The maximum atomic E-state index is 13.6. The molecule has 0 fully saturated rings. The van der Waals surface area contributed by atoms with Crippen LogP contribution in [0.15, 0.2) is 24.3 Å². The Bertz CT molecular complexity index is 631. The summed E-state index contributed by atoms with van der Waals surface area (Å²) in [5.41, 5.74) is 0.101. The maximum Gasteiger partial charge on any atom is 0.169 e. The van der Waals surface area contributed by atoms with Crippen LogP contribution in [0.1, 0.15) is 6.92 Å². The highest BCUT2D eigenvalue weighted by Crippen LogP contribution is 2.23. The maximum absolute atomic E-state index is 13.6. The third-order valence-corrected chi connectivity index (χ3v) is 2.46. The van der Waals surface area contributed by atoms with Gasteiger partial charge in [0.2, 0.25) is 0 Å². The first-order chi connectivity index (χ1) is 9.51. The molecule has 1 aromatic heterocycles. The van der Waals surface area contributed by atoms with Gasteiger partial charge in [-0.15, -0.1) is 0 Å². The number of benzene rings is 1. The molecular formula is C13H11F4N3. The van der Waals surface area contributed by atoms with Gasteiger partial charge in [0, 0.05) is 24.4 Å². The van der Waals surface area contributed by atoms with Crippen LogP contribution in [0.5, 0.6) is 0 Å². The molecule has 1 heterocycles. The van der Waals surface area contributed by atoms with Crippen molar-refractivity contribution in [3.63, 3.8) is 0 Å². The van der Waals surface area contributed by atoms with E-state index in [0.29, 0.717) is 12.6 Å². The highest BCUT2D eigenvalue weighted by Gasteiger charge is 2.12. The fourth-order valence-electron chi connectivity index (χ4n) is 1.56. The summed E-state index contributed by atoms with van der Waals surface area (Å²) in [5, 5.41) is 5.09. The van der Waals surface area contributed by atoms with E-state index in [9.17, 15) is 17.6 Å². The van der Waals surface area contributed by atoms with Gasteiger partial charge in [0.15, 0.2) is 34.9 Å². The van der Waals surface area contributed by atoms with Crippen molar-refractivity contribution in [2.45, 2.75) is 6.92 Å². The van der Waals surface area contributed by atoms with Crippen LogP contribution < -0.4 is 10.6 Å². The summed E-state index contributed by atoms with van der Waals surface area (Å²) in [6, 6.07) is 3.63. The van der Waals surface area contributed by atoms with Crippen molar-refractivity contribution in [2.75, 3.05) is 17.2 Å². The van der Waals surface area contributed by atoms with Crippen molar-refractivity contribution >= 4 is 17.3 Å². The van der Waals surface area contributed by atoms with Crippen molar-refractivity contribution in [2.24, 2.45) is 0 Å². The molecule has 0 spiro atoms. The minimum absolute atomic E-state index is 0.101. The van der Waals surface area contributed by atoms with E-state index < -0.39 is 23.3 Å². The Morgan fingerprint density at radius 2 is 1.60 bits per heavy atom. The Kier molecular flexibility index (Phi) is 4.07. The van der Waals surface area contributed by atoms with Crippen LogP contribution in [-0.4, -0.2) is 11.5 Å². The highest BCUT2D eigenvalue weighted by atomic mass is 19.2. The zero-order valence-corrected chi connectivity index (χ0v) is 10.5. The lowest BCUT2D eigenvalue weighted by molar-refractivity contribution is 0.509. The quantitative estimate of drug-likeness (QED) is 0.839. The molecule has 0 amide bonds. The first-order valence-corrected chi connectivity index (χ1v) is 5.83. The number of pyridine rings is 1. The van der Waals surface area contributed by atoms with Gasteiger partial charge in [-0.1, -0.05) is 0 Å². The summed E-state index contributed by atoms with van der Waals surface area (Å²) in [6.07, 6.45) is 0.